The lowest BCUT2D eigenvalue weighted by molar-refractivity contribution is -0.117. The second-order valence-electron chi connectivity index (χ2n) is 5.00. The van der Waals surface area contributed by atoms with Gasteiger partial charge in [0.1, 0.15) is 11.3 Å². The van der Waals surface area contributed by atoms with Crippen LogP contribution < -0.4 is 5.32 Å². The monoisotopic (exact) mass is 292 g/mol. The summed E-state index contributed by atoms with van der Waals surface area (Å²) in [5.41, 5.74) is 1.57. The maximum absolute atomic E-state index is 11.9. The van der Waals surface area contributed by atoms with Gasteiger partial charge in [0.2, 0.25) is 5.91 Å². The number of nitrogens with one attached hydrogen (secondary N) is 1. The molecular formula is C18H16N2O2. The first-order chi connectivity index (χ1) is 10.7. The van der Waals surface area contributed by atoms with E-state index in [9.17, 15) is 4.79 Å². The molecule has 3 aromatic rings. The Labute approximate surface area is 128 Å². The number of pyridine rings is 1. The number of para-hydroxylation sites is 1. The minimum absolute atomic E-state index is 0.182. The van der Waals surface area contributed by atoms with E-state index in [0.717, 1.165) is 22.4 Å². The third kappa shape index (κ3) is 3.23. The van der Waals surface area contributed by atoms with Crippen molar-refractivity contribution in [3.63, 3.8) is 0 Å². The standard InChI is InChI=1S/C18H16N2O2/c1-13(17-12-14-6-2-3-8-16(14)22-17)20-18(21)10-9-15-7-4-5-11-19-15/h2-13H,1H3,(H,20,21)/b10-9+. The Kier molecular flexibility index (Phi) is 4.01. The van der Waals surface area contributed by atoms with Crippen molar-refractivity contribution in [2.45, 2.75) is 13.0 Å². The molecule has 1 unspecified atom stereocenters. The van der Waals surface area contributed by atoms with Gasteiger partial charge in [-0.3, -0.25) is 9.78 Å². The minimum Gasteiger partial charge on any atom is -0.459 e. The molecule has 22 heavy (non-hydrogen) atoms. The lowest BCUT2D eigenvalue weighted by Crippen LogP contribution is -2.24. The molecule has 4 nitrogen and oxygen atoms in total. The zero-order valence-corrected chi connectivity index (χ0v) is 12.2. The van der Waals surface area contributed by atoms with E-state index >= 15 is 0 Å². The minimum atomic E-state index is -0.201. The van der Waals surface area contributed by atoms with Crippen molar-refractivity contribution in [1.82, 2.24) is 10.3 Å². The summed E-state index contributed by atoms with van der Waals surface area (Å²) in [6, 6.07) is 15.1. The summed E-state index contributed by atoms with van der Waals surface area (Å²) in [5, 5.41) is 3.91. The Hall–Kier alpha value is -2.88. The van der Waals surface area contributed by atoms with Crippen LogP contribution in [0.4, 0.5) is 0 Å². The van der Waals surface area contributed by atoms with E-state index in [0.29, 0.717) is 0 Å². The van der Waals surface area contributed by atoms with E-state index in [-0.39, 0.29) is 11.9 Å². The van der Waals surface area contributed by atoms with Gasteiger partial charge in [0.05, 0.1) is 11.7 Å². The number of nitrogens with zero attached hydrogens (tertiary/aromatic N) is 1. The number of hydrogen-bond donors (Lipinski definition) is 1. The van der Waals surface area contributed by atoms with E-state index in [1.54, 1.807) is 12.3 Å². The van der Waals surface area contributed by atoms with E-state index in [4.69, 9.17) is 4.42 Å². The van der Waals surface area contributed by atoms with Crippen LogP contribution in [0.3, 0.4) is 0 Å². The highest BCUT2D eigenvalue weighted by molar-refractivity contribution is 5.91. The molecule has 3 rings (SSSR count). The van der Waals surface area contributed by atoms with Gasteiger partial charge in [-0.1, -0.05) is 24.3 Å². The lowest BCUT2D eigenvalue weighted by atomic mass is 10.2. The smallest absolute Gasteiger partial charge is 0.244 e. The van der Waals surface area contributed by atoms with Crippen LogP contribution in [0.1, 0.15) is 24.4 Å². The lowest BCUT2D eigenvalue weighted by Gasteiger charge is -2.08. The molecule has 1 amide bonds. The Morgan fingerprint density at radius 1 is 1.23 bits per heavy atom. The van der Waals surface area contributed by atoms with Crippen molar-refractivity contribution in [3.8, 4) is 0 Å². The Balaban J connectivity index is 1.67. The van der Waals surface area contributed by atoms with E-state index in [1.807, 2.05) is 55.5 Å². The van der Waals surface area contributed by atoms with Crippen LogP contribution in [-0.4, -0.2) is 10.9 Å². The van der Waals surface area contributed by atoms with Crippen LogP contribution in [-0.2, 0) is 4.79 Å². The first-order valence-electron chi connectivity index (χ1n) is 7.10. The summed E-state index contributed by atoms with van der Waals surface area (Å²) in [4.78, 5) is 16.1. The molecule has 0 saturated carbocycles. The molecule has 2 aromatic heterocycles. The Bertz CT molecular complexity index is 773. The number of carbonyl (C=O) groups excluding carboxylic acids is 1. The fourth-order valence-electron chi connectivity index (χ4n) is 2.18. The van der Waals surface area contributed by atoms with Crippen LogP contribution in [0.2, 0.25) is 0 Å². The maximum Gasteiger partial charge on any atom is 0.244 e. The molecule has 1 aromatic carbocycles. The fourth-order valence-corrected chi connectivity index (χ4v) is 2.18. The van der Waals surface area contributed by atoms with Crippen molar-refractivity contribution in [2.24, 2.45) is 0 Å². The zero-order chi connectivity index (χ0) is 15.4. The summed E-state index contributed by atoms with van der Waals surface area (Å²) in [6.07, 6.45) is 4.84. The van der Waals surface area contributed by atoms with Gasteiger partial charge in [0.25, 0.3) is 0 Å². The van der Waals surface area contributed by atoms with Gasteiger partial charge in [-0.05, 0) is 37.3 Å². The molecule has 0 aliphatic heterocycles. The topological polar surface area (TPSA) is 55.1 Å². The SMILES string of the molecule is CC(NC(=O)/C=C/c1ccccn1)c1cc2ccccc2o1. The number of hydrogen-bond acceptors (Lipinski definition) is 3. The number of aromatic nitrogens is 1. The predicted octanol–water partition coefficient (Wildman–Crippen LogP) is 3.72. The summed E-state index contributed by atoms with van der Waals surface area (Å²) in [7, 11) is 0. The number of rotatable bonds is 4. The molecule has 0 fully saturated rings. The highest BCUT2D eigenvalue weighted by Crippen LogP contribution is 2.23. The zero-order valence-electron chi connectivity index (χ0n) is 12.2. The van der Waals surface area contributed by atoms with Gasteiger partial charge < -0.3 is 9.73 Å². The second kappa shape index (κ2) is 6.26. The molecule has 110 valence electrons. The first kappa shape index (κ1) is 14.1. The number of carbonyl (C=O) groups is 1. The molecular weight excluding hydrogens is 276 g/mol. The quantitative estimate of drug-likeness (QED) is 0.746. The average Bonchev–Trinajstić information content (AvgIpc) is 2.98. The molecule has 4 heteroatoms. The maximum atomic E-state index is 11.9. The summed E-state index contributed by atoms with van der Waals surface area (Å²) in [6.45, 7) is 1.89. The molecule has 2 heterocycles. The predicted molar refractivity (Wildman–Crippen MR) is 86.0 cm³/mol. The van der Waals surface area contributed by atoms with Crippen LogP contribution >= 0.6 is 0 Å². The Morgan fingerprint density at radius 3 is 2.82 bits per heavy atom. The van der Waals surface area contributed by atoms with Crippen molar-refractivity contribution in [2.75, 3.05) is 0 Å². The van der Waals surface area contributed by atoms with Crippen LogP contribution in [0.5, 0.6) is 0 Å². The van der Waals surface area contributed by atoms with Crippen molar-refractivity contribution in [1.29, 1.82) is 0 Å². The van der Waals surface area contributed by atoms with Crippen molar-refractivity contribution >= 4 is 23.0 Å². The average molecular weight is 292 g/mol. The van der Waals surface area contributed by atoms with Gasteiger partial charge in [0.15, 0.2) is 0 Å². The van der Waals surface area contributed by atoms with Crippen LogP contribution in [0, 0.1) is 0 Å². The molecule has 0 radical (unpaired) electrons. The Morgan fingerprint density at radius 2 is 2.05 bits per heavy atom. The van der Waals surface area contributed by atoms with E-state index in [2.05, 4.69) is 10.3 Å². The number of amides is 1. The molecule has 1 N–H and O–H groups in total. The molecule has 0 saturated heterocycles. The largest absolute Gasteiger partial charge is 0.459 e. The summed E-state index contributed by atoms with van der Waals surface area (Å²) in [5.74, 6) is 0.555. The van der Waals surface area contributed by atoms with Gasteiger partial charge in [-0.15, -0.1) is 0 Å². The number of fused-ring (bicyclic) bond motifs is 1. The van der Waals surface area contributed by atoms with Crippen LogP contribution in [0.25, 0.3) is 17.0 Å². The third-order valence-electron chi connectivity index (χ3n) is 3.32. The molecule has 0 aliphatic rings. The molecule has 0 bridgehead atoms. The highest BCUT2D eigenvalue weighted by atomic mass is 16.3. The van der Waals surface area contributed by atoms with Gasteiger partial charge in [-0.25, -0.2) is 0 Å². The van der Waals surface area contributed by atoms with Crippen molar-refractivity contribution in [3.05, 3.63) is 72.3 Å². The molecule has 0 spiro atoms. The number of benzene rings is 1. The van der Waals surface area contributed by atoms with Gasteiger partial charge in [-0.2, -0.15) is 0 Å². The second-order valence-corrected chi connectivity index (χ2v) is 5.00. The first-order valence-corrected chi connectivity index (χ1v) is 7.10. The van der Waals surface area contributed by atoms with Crippen LogP contribution in [0.15, 0.2) is 65.2 Å². The summed E-state index contributed by atoms with van der Waals surface area (Å²) < 4.78 is 5.74. The van der Waals surface area contributed by atoms with E-state index in [1.165, 1.54) is 6.08 Å². The summed E-state index contributed by atoms with van der Waals surface area (Å²) >= 11 is 0. The third-order valence-corrected chi connectivity index (χ3v) is 3.32. The number of furan rings is 1. The normalized spacial score (nSPS) is 12.6. The fraction of sp³-hybridized carbons (Fsp3) is 0.111. The molecule has 1 atom stereocenters. The van der Waals surface area contributed by atoms with Gasteiger partial charge >= 0.3 is 0 Å². The van der Waals surface area contributed by atoms with Gasteiger partial charge in [0, 0.05) is 17.7 Å². The highest BCUT2D eigenvalue weighted by Gasteiger charge is 2.12. The molecule has 0 aliphatic carbocycles. The van der Waals surface area contributed by atoms with Crippen molar-refractivity contribution < 1.29 is 9.21 Å². The van der Waals surface area contributed by atoms with E-state index < -0.39 is 0 Å².